The van der Waals surface area contributed by atoms with Gasteiger partial charge in [0.1, 0.15) is 18.2 Å². The van der Waals surface area contributed by atoms with Crippen molar-refractivity contribution in [1.82, 2.24) is 20.0 Å². The molecule has 2 aliphatic heterocycles. The van der Waals surface area contributed by atoms with Crippen LogP contribution in [-0.4, -0.2) is 45.6 Å². The van der Waals surface area contributed by atoms with Crippen molar-refractivity contribution in [3.63, 3.8) is 0 Å². The Morgan fingerprint density at radius 2 is 1.88 bits per heavy atom. The molecule has 170 valence electrons. The Labute approximate surface area is 193 Å². The van der Waals surface area contributed by atoms with Gasteiger partial charge in [-0.15, -0.1) is 10.2 Å². The number of aryl methyl sites for hydroxylation is 1. The molecule has 33 heavy (non-hydrogen) atoms. The first kappa shape index (κ1) is 21.2. The molecule has 0 spiro atoms. The fourth-order valence-corrected chi connectivity index (χ4v) is 4.75. The maximum Gasteiger partial charge on any atom is 0.226 e. The van der Waals surface area contributed by atoms with Crippen LogP contribution < -0.4 is 15.0 Å². The molecular weight excluding hydrogens is 416 g/mol. The van der Waals surface area contributed by atoms with E-state index in [2.05, 4.69) is 27.0 Å². The van der Waals surface area contributed by atoms with E-state index in [1.165, 1.54) is 19.3 Å². The summed E-state index contributed by atoms with van der Waals surface area (Å²) in [6.07, 6.45) is 5.67. The fraction of sp³-hybridized carbons (Fsp3) is 0.360. The lowest BCUT2D eigenvalue weighted by atomic mass is 9.85. The van der Waals surface area contributed by atoms with Gasteiger partial charge in [0.2, 0.25) is 5.91 Å². The zero-order valence-corrected chi connectivity index (χ0v) is 18.8. The van der Waals surface area contributed by atoms with Crippen LogP contribution in [0.25, 0.3) is 5.82 Å². The number of aromatic nitrogens is 4. The Bertz CT molecular complexity index is 1160. The molecule has 2 aromatic heterocycles. The number of benzene rings is 1. The lowest BCUT2D eigenvalue weighted by molar-refractivity contribution is -0.116. The molecule has 1 N–H and O–H groups in total. The Kier molecular flexibility index (Phi) is 5.81. The van der Waals surface area contributed by atoms with E-state index in [4.69, 9.17) is 9.84 Å². The third-order valence-corrected chi connectivity index (χ3v) is 6.29. The topological polar surface area (TPSA) is 85.2 Å². The van der Waals surface area contributed by atoms with E-state index in [-0.39, 0.29) is 11.8 Å². The van der Waals surface area contributed by atoms with Crippen molar-refractivity contribution in [3.8, 4) is 11.6 Å². The van der Waals surface area contributed by atoms with Crippen molar-refractivity contribution in [1.29, 1.82) is 0 Å². The number of anilines is 2. The second-order valence-electron chi connectivity index (χ2n) is 8.50. The van der Waals surface area contributed by atoms with Crippen LogP contribution in [0, 0.1) is 6.92 Å². The molecular formula is C25H28N6O2. The first-order valence-corrected chi connectivity index (χ1v) is 11.5. The minimum absolute atomic E-state index is 0.0648. The number of carbonyl (C=O) groups is 1. The summed E-state index contributed by atoms with van der Waals surface area (Å²) in [6, 6.07) is 11.7. The first-order chi connectivity index (χ1) is 16.2. The molecule has 0 bridgehead atoms. The number of nitrogens with zero attached hydrogens (tertiary/aromatic N) is 5. The number of nitrogens with one attached hydrogen (secondary N) is 1. The molecule has 3 aromatic rings. The van der Waals surface area contributed by atoms with E-state index in [1.807, 2.05) is 43.3 Å². The number of amides is 1. The van der Waals surface area contributed by atoms with Gasteiger partial charge in [0.15, 0.2) is 11.6 Å². The van der Waals surface area contributed by atoms with Crippen molar-refractivity contribution >= 4 is 17.5 Å². The van der Waals surface area contributed by atoms with Crippen LogP contribution in [0.3, 0.4) is 0 Å². The summed E-state index contributed by atoms with van der Waals surface area (Å²) >= 11 is 0. The molecule has 1 fully saturated rings. The van der Waals surface area contributed by atoms with Gasteiger partial charge < -0.3 is 15.0 Å². The molecule has 2 aliphatic rings. The summed E-state index contributed by atoms with van der Waals surface area (Å²) < 4.78 is 7.58. The Hall–Kier alpha value is -3.68. The van der Waals surface area contributed by atoms with Crippen molar-refractivity contribution in [2.45, 2.75) is 38.5 Å². The highest BCUT2D eigenvalue weighted by Crippen LogP contribution is 2.43. The third-order valence-electron chi connectivity index (χ3n) is 6.29. The average Bonchev–Trinajstić information content (AvgIpc) is 3.19. The molecule has 5 rings (SSSR count). The van der Waals surface area contributed by atoms with E-state index < -0.39 is 0 Å². The van der Waals surface area contributed by atoms with Gasteiger partial charge in [-0.05, 0) is 44.4 Å². The SMILES string of the molecule is C=CCOc1ccccc1[C@H]1CC(=O)Nc2c1c(C)nn2-c1ccc(N2CCCCC2)nn1. The van der Waals surface area contributed by atoms with E-state index >= 15 is 0 Å². The molecule has 4 heterocycles. The Morgan fingerprint density at radius 3 is 2.64 bits per heavy atom. The third kappa shape index (κ3) is 4.08. The summed E-state index contributed by atoms with van der Waals surface area (Å²) in [5.41, 5.74) is 2.78. The summed E-state index contributed by atoms with van der Waals surface area (Å²) in [5, 5.41) is 16.7. The summed E-state index contributed by atoms with van der Waals surface area (Å²) in [6.45, 7) is 8.12. The Morgan fingerprint density at radius 1 is 1.12 bits per heavy atom. The van der Waals surface area contributed by atoms with Gasteiger partial charge in [0, 0.05) is 36.6 Å². The smallest absolute Gasteiger partial charge is 0.226 e. The first-order valence-electron chi connectivity index (χ1n) is 11.5. The van der Waals surface area contributed by atoms with Crippen LogP contribution in [0.4, 0.5) is 11.6 Å². The second-order valence-corrected chi connectivity index (χ2v) is 8.50. The normalized spacial score (nSPS) is 17.9. The quantitative estimate of drug-likeness (QED) is 0.579. The molecule has 0 radical (unpaired) electrons. The lowest BCUT2D eigenvalue weighted by Gasteiger charge is -2.27. The zero-order valence-electron chi connectivity index (χ0n) is 18.8. The van der Waals surface area contributed by atoms with Crippen molar-refractivity contribution in [2.24, 2.45) is 0 Å². The van der Waals surface area contributed by atoms with Crippen molar-refractivity contribution in [3.05, 3.63) is 65.9 Å². The van der Waals surface area contributed by atoms with Gasteiger partial charge in [-0.2, -0.15) is 9.78 Å². The fourth-order valence-electron chi connectivity index (χ4n) is 4.75. The van der Waals surface area contributed by atoms with Crippen molar-refractivity contribution in [2.75, 3.05) is 29.9 Å². The van der Waals surface area contributed by atoms with E-state index in [0.717, 1.165) is 41.5 Å². The van der Waals surface area contributed by atoms with Crippen LogP contribution >= 0.6 is 0 Å². The predicted octanol–water partition coefficient (Wildman–Crippen LogP) is 4.00. The number of para-hydroxylation sites is 1. The van der Waals surface area contributed by atoms with Crippen LogP contribution in [0.15, 0.2) is 49.1 Å². The van der Waals surface area contributed by atoms with Crippen LogP contribution in [-0.2, 0) is 4.79 Å². The predicted molar refractivity (Wildman–Crippen MR) is 127 cm³/mol. The Balaban J connectivity index is 1.51. The minimum Gasteiger partial charge on any atom is -0.489 e. The maximum atomic E-state index is 12.7. The van der Waals surface area contributed by atoms with Gasteiger partial charge in [0.05, 0.1) is 5.69 Å². The highest BCUT2D eigenvalue weighted by molar-refractivity contribution is 5.95. The second kappa shape index (κ2) is 9.05. The average molecular weight is 445 g/mol. The monoisotopic (exact) mass is 444 g/mol. The summed E-state index contributed by atoms with van der Waals surface area (Å²) in [4.78, 5) is 15.0. The van der Waals surface area contributed by atoms with Crippen molar-refractivity contribution < 1.29 is 9.53 Å². The highest BCUT2D eigenvalue weighted by atomic mass is 16.5. The number of hydrogen-bond acceptors (Lipinski definition) is 6. The number of ether oxygens (including phenoxy) is 1. The van der Waals surface area contributed by atoms with Crippen LogP contribution in [0.5, 0.6) is 5.75 Å². The molecule has 0 aliphatic carbocycles. The molecule has 8 nitrogen and oxygen atoms in total. The largest absolute Gasteiger partial charge is 0.489 e. The van der Waals surface area contributed by atoms with Gasteiger partial charge in [-0.3, -0.25) is 4.79 Å². The lowest BCUT2D eigenvalue weighted by Crippen LogP contribution is -2.30. The highest BCUT2D eigenvalue weighted by Gasteiger charge is 2.34. The molecule has 1 saturated heterocycles. The van der Waals surface area contributed by atoms with E-state index in [1.54, 1.807) is 10.8 Å². The standard InChI is InChI=1S/C25H28N6O2/c1-3-15-33-20-10-6-5-9-18(20)19-16-23(32)26-25-24(19)17(2)29-31(25)22-12-11-21(27-28-22)30-13-7-4-8-14-30/h3,5-6,9-12,19H,1,4,7-8,13-16H2,2H3,(H,26,32)/t19-/m1/s1. The molecule has 1 amide bonds. The van der Waals surface area contributed by atoms with Crippen LogP contribution in [0.2, 0.25) is 0 Å². The number of carbonyl (C=O) groups excluding carboxylic acids is 1. The number of rotatable bonds is 6. The van der Waals surface area contributed by atoms with E-state index in [9.17, 15) is 4.79 Å². The number of fused-ring (bicyclic) bond motifs is 1. The zero-order chi connectivity index (χ0) is 22.8. The van der Waals surface area contributed by atoms with Gasteiger partial charge in [-0.1, -0.05) is 30.9 Å². The number of hydrogen-bond donors (Lipinski definition) is 1. The molecule has 8 heteroatoms. The molecule has 0 unspecified atom stereocenters. The summed E-state index contributed by atoms with van der Waals surface area (Å²) in [5.74, 6) is 2.63. The van der Waals surface area contributed by atoms with Crippen LogP contribution in [0.1, 0.15) is 48.4 Å². The van der Waals surface area contributed by atoms with E-state index in [0.29, 0.717) is 24.7 Å². The molecule has 1 atom stereocenters. The molecule has 0 saturated carbocycles. The number of piperidine rings is 1. The summed E-state index contributed by atoms with van der Waals surface area (Å²) in [7, 11) is 0. The molecule has 1 aromatic carbocycles. The van der Waals surface area contributed by atoms with Gasteiger partial charge in [0.25, 0.3) is 0 Å². The minimum atomic E-state index is -0.163. The van der Waals surface area contributed by atoms with Gasteiger partial charge >= 0.3 is 0 Å². The maximum absolute atomic E-state index is 12.7. The van der Waals surface area contributed by atoms with Gasteiger partial charge in [-0.25, -0.2) is 0 Å².